The minimum atomic E-state index is -4.79. The van der Waals surface area contributed by atoms with Gasteiger partial charge in [0.1, 0.15) is 5.75 Å². The van der Waals surface area contributed by atoms with Gasteiger partial charge in [0, 0.05) is 5.69 Å². The topological polar surface area (TPSA) is 55.4 Å². The zero-order valence-corrected chi connectivity index (χ0v) is 12.9. The number of hydrogen-bond donors (Lipinski definition) is 1. The average molecular weight is 345 g/mol. The van der Waals surface area contributed by atoms with Crippen LogP contribution in [0.4, 0.5) is 18.9 Å². The van der Waals surface area contributed by atoms with Gasteiger partial charge in [-0.3, -0.25) is 4.72 Å². The highest BCUT2D eigenvalue weighted by Gasteiger charge is 2.31. The van der Waals surface area contributed by atoms with Crippen LogP contribution in [0.1, 0.15) is 11.1 Å². The number of aryl methyl sites for hydroxylation is 1. The Bertz CT molecular complexity index is 754. The summed E-state index contributed by atoms with van der Waals surface area (Å²) in [6.45, 7) is 1.89. The third-order valence-corrected chi connectivity index (χ3v) is 4.10. The van der Waals surface area contributed by atoms with Crippen LogP contribution in [-0.2, 0) is 15.8 Å². The summed E-state index contributed by atoms with van der Waals surface area (Å²) in [6, 6.07) is 11.5. The Hall–Kier alpha value is -2.22. The number of rotatable bonds is 5. The summed E-state index contributed by atoms with van der Waals surface area (Å²) in [6.07, 6.45) is -4.79. The molecule has 1 N–H and O–H groups in total. The zero-order chi connectivity index (χ0) is 17.1. The minimum absolute atomic E-state index is 0.159. The van der Waals surface area contributed by atoms with Crippen molar-refractivity contribution in [3.8, 4) is 5.75 Å². The van der Waals surface area contributed by atoms with E-state index in [1.807, 2.05) is 6.92 Å². The number of halogens is 3. The summed E-state index contributed by atoms with van der Waals surface area (Å²) in [4.78, 5) is 0. The van der Waals surface area contributed by atoms with Crippen LogP contribution in [0.5, 0.6) is 5.75 Å². The second-order valence-corrected chi connectivity index (χ2v) is 6.64. The Balaban J connectivity index is 2.04. The number of sulfonamides is 1. The van der Waals surface area contributed by atoms with Crippen molar-refractivity contribution in [3.63, 3.8) is 0 Å². The van der Waals surface area contributed by atoms with Crippen LogP contribution < -0.4 is 9.46 Å². The molecule has 2 aromatic carbocycles. The lowest BCUT2D eigenvalue weighted by atomic mass is 10.2. The van der Waals surface area contributed by atoms with E-state index in [0.29, 0.717) is 5.56 Å². The summed E-state index contributed by atoms with van der Waals surface area (Å²) in [5.74, 6) is -0.646. The van der Waals surface area contributed by atoms with E-state index >= 15 is 0 Å². The van der Waals surface area contributed by atoms with Crippen molar-refractivity contribution in [2.75, 3.05) is 4.72 Å². The molecule has 0 spiro atoms. The molecule has 0 fully saturated rings. The van der Waals surface area contributed by atoms with E-state index < -0.39 is 22.1 Å². The lowest BCUT2D eigenvalue weighted by molar-refractivity contribution is -0.274. The molecule has 2 aromatic rings. The van der Waals surface area contributed by atoms with Gasteiger partial charge in [-0.25, -0.2) is 8.42 Å². The van der Waals surface area contributed by atoms with Crippen LogP contribution in [0.3, 0.4) is 0 Å². The lowest BCUT2D eigenvalue weighted by Gasteiger charge is -2.11. The van der Waals surface area contributed by atoms with Crippen molar-refractivity contribution in [1.82, 2.24) is 0 Å². The van der Waals surface area contributed by atoms with Crippen molar-refractivity contribution in [1.29, 1.82) is 0 Å². The standard InChI is InChI=1S/C15H14F3NO3S/c1-11-2-4-12(5-3-11)10-23(20,21)19-13-6-8-14(9-7-13)22-15(16,17)18/h2-9,19H,10H2,1H3. The van der Waals surface area contributed by atoms with Crippen molar-refractivity contribution in [3.05, 3.63) is 59.7 Å². The van der Waals surface area contributed by atoms with Crippen LogP contribution in [0, 0.1) is 6.92 Å². The predicted molar refractivity (Wildman–Crippen MR) is 80.6 cm³/mol. The van der Waals surface area contributed by atoms with Gasteiger partial charge in [-0.2, -0.15) is 0 Å². The molecule has 2 rings (SSSR count). The van der Waals surface area contributed by atoms with Gasteiger partial charge in [0.2, 0.25) is 10.0 Å². The highest BCUT2D eigenvalue weighted by molar-refractivity contribution is 7.91. The van der Waals surface area contributed by atoms with Crippen LogP contribution in [0.15, 0.2) is 48.5 Å². The molecular weight excluding hydrogens is 331 g/mol. The van der Waals surface area contributed by atoms with Crippen LogP contribution in [0.2, 0.25) is 0 Å². The van der Waals surface area contributed by atoms with Gasteiger partial charge in [0.15, 0.2) is 0 Å². The van der Waals surface area contributed by atoms with E-state index in [2.05, 4.69) is 9.46 Å². The molecular formula is C15H14F3NO3S. The molecule has 8 heteroatoms. The van der Waals surface area contributed by atoms with E-state index in [-0.39, 0.29) is 11.4 Å². The van der Waals surface area contributed by atoms with Gasteiger partial charge >= 0.3 is 6.36 Å². The van der Waals surface area contributed by atoms with Gasteiger partial charge in [0.25, 0.3) is 0 Å². The summed E-state index contributed by atoms with van der Waals surface area (Å²) in [5.41, 5.74) is 1.78. The Morgan fingerprint density at radius 2 is 1.57 bits per heavy atom. The Labute approximate surface area is 132 Å². The largest absolute Gasteiger partial charge is 0.573 e. The fourth-order valence-electron chi connectivity index (χ4n) is 1.84. The number of nitrogens with one attached hydrogen (secondary N) is 1. The van der Waals surface area contributed by atoms with Crippen molar-refractivity contribution in [2.24, 2.45) is 0 Å². The zero-order valence-electron chi connectivity index (χ0n) is 12.1. The van der Waals surface area contributed by atoms with E-state index in [0.717, 1.165) is 17.7 Å². The molecule has 0 amide bonds. The molecule has 0 radical (unpaired) electrons. The van der Waals surface area contributed by atoms with Gasteiger partial charge in [-0.05, 0) is 36.8 Å². The first-order valence-electron chi connectivity index (χ1n) is 6.55. The van der Waals surface area contributed by atoms with Crippen LogP contribution in [0.25, 0.3) is 0 Å². The van der Waals surface area contributed by atoms with Gasteiger partial charge in [0.05, 0.1) is 5.75 Å². The monoisotopic (exact) mass is 345 g/mol. The van der Waals surface area contributed by atoms with E-state index in [1.54, 1.807) is 24.3 Å². The molecule has 0 aliphatic carbocycles. The Morgan fingerprint density at radius 1 is 1.00 bits per heavy atom. The molecule has 0 atom stereocenters. The van der Waals surface area contributed by atoms with Crippen molar-refractivity contribution >= 4 is 15.7 Å². The molecule has 0 unspecified atom stereocenters. The number of ether oxygens (including phenoxy) is 1. The molecule has 124 valence electrons. The normalized spacial score (nSPS) is 12.0. The second-order valence-electron chi connectivity index (χ2n) is 4.92. The first kappa shape index (κ1) is 17.1. The van der Waals surface area contributed by atoms with Gasteiger partial charge in [-0.15, -0.1) is 13.2 Å². The van der Waals surface area contributed by atoms with Crippen LogP contribution >= 0.6 is 0 Å². The molecule has 0 heterocycles. The smallest absolute Gasteiger partial charge is 0.406 e. The van der Waals surface area contributed by atoms with Crippen LogP contribution in [-0.4, -0.2) is 14.8 Å². The molecule has 0 aliphatic rings. The maximum Gasteiger partial charge on any atom is 0.573 e. The molecule has 4 nitrogen and oxygen atoms in total. The fourth-order valence-corrected chi connectivity index (χ4v) is 3.04. The first-order chi connectivity index (χ1) is 10.6. The van der Waals surface area contributed by atoms with E-state index in [4.69, 9.17) is 0 Å². The molecule has 0 saturated heterocycles. The van der Waals surface area contributed by atoms with Gasteiger partial charge in [-0.1, -0.05) is 29.8 Å². The van der Waals surface area contributed by atoms with E-state index in [9.17, 15) is 21.6 Å². The molecule has 0 aliphatic heterocycles. The third-order valence-electron chi connectivity index (χ3n) is 2.84. The molecule has 23 heavy (non-hydrogen) atoms. The Kier molecular flexibility index (Phi) is 4.84. The second kappa shape index (κ2) is 6.49. The lowest BCUT2D eigenvalue weighted by Crippen LogP contribution is -2.17. The first-order valence-corrected chi connectivity index (χ1v) is 8.20. The molecule has 0 aromatic heterocycles. The van der Waals surface area contributed by atoms with E-state index in [1.165, 1.54) is 12.1 Å². The SMILES string of the molecule is Cc1ccc(CS(=O)(=O)Nc2ccc(OC(F)(F)F)cc2)cc1. The fraction of sp³-hybridized carbons (Fsp3) is 0.200. The predicted octanol–water partition coefficient (Wildman–Crippen LogP) is 3.84. The van der Waals surface area contributed by atoms with Gasteiger partial charge < -0.3 is 4.74 Å². The summed E-state index contributed by atoms with van der Waals surface area (Å²) in [5, 5.41) is 0. The third kappa shape index (κ3) is 5.82. The van der Waals surface area contributed by atoms with Crippen molar-refractivity contribution in [2.45, 2.75) is 19.0 Å². The number of benzene rings is 2. The summed E-state index contributed by atoms with van der Waals surface area (Å²) < 4.78 is 66.3. The maximum atomic E-state index is 12.0. The van der Waals surface area contributed by atoms with Crippen molar-refractivity contribution < 1.29 is 26.3 Å². The summed E-state index contributed by atoms with van der Waals surface area (Å²) >= 11 is 0. The number of alkyl halides is 3. The highest BCUT2D eigenvalue weighted by Crippen LogP contribution is 2.24. The summed E-state index contributed by atoms with van der Waals surface area (Å²) in [7, 11) is -3.66. The highest BCUT2D eigenvalue weighted by atomic mass is 32.2. The average Bonchev–Trinajstić information content (AvgIpc) is 2.41. The number of anilines is 1. The Morgan fingerprint density at radius 3 is 2.09 bits per heavy atom. The maximum absolute atomic E-state index is 12.0. The molecule has 0 bridgehead atoms. The minimum Gasteiger partial charge on any atom is -0.406 e. The number of hydrogen-bond acceptors (Lipinski definition) is 3. The molecule has 0 saturated carbocycles. The quantitative estimate of drug-likeness (QED) is 0.896.